The molecule has 1 aromatic heterocycles. The van der Waals surface area contributed by atoms with Crippen molar-refractivity contribution in [2.75, 3.05) is 0 Å². The molecule has 0 fully saturated rings. The lowest BCUT2D eigenvalue weighted by molar-refractivity contribution is 0.854. The van der Waals surface area contributed by atoms with Gasteiger partial charge >= 0.3 is 0 Å². The van der Waals surface area contributed by atoms with Crippen molar-refractivity contribution in [1.82, 2.24) is 9.97 Å². The number of nitrogens with zero attached hydrogens (tertiary/aromatic N) is 2. The maximum Gasteiger partial charge on any atom is 0.192 e. The third-order valence-corrected chi connectivity index (χ3v) is 3.79. The summed E-state index contributed by atoms with van der Waals surface area (Å²) in [6.45, 7) is 2.32. The molecular weight excluding hydrogens is 289 g/mol. The van der Waals surface area contributed by atoms with Gasteiger partial charge in [0.05, 0.1) is 15.7 Å². The van der Waals surface area contributed by atoms with E-state index in [0.717, 1.165) is 16.3 Å². The van der Waals surface area contributed by atoms with E-state index in [9.17, 15) is 0 Å². The number of rotatable bonds is 3. The number of nitrogens with two attached hydrogens (primary N) is 1. The molecule has 0 bridgehead atoms. The molecule has 0 saturated heterocycles. The minimum absolute atomic E-state index is 0.401. The van der Waals surface area contributed by atoms with Crippen LogP contribution < -0.4 is 5.73 Å². The fourth-order valence-corrected chi connectivity index (χ4v) is 2.64. The fourth-order valence-electron chi connectivity index (χ4n) is 1.40. The van der Waals surface area contributed by atoms with Gasteiger partial charge in [-0.15, -0.1) is 0 Å². The zero-order valence-electron chi connectivity index (χ0n) is 9.65. The smallest absolute Gasteiger partial charge is 0.192 e. The largest absolute Gasteiger partial charge is 0.325 e. The van der Waals surface area contributed by atoms with Crippen LogP contribution in [0.5, 0.6) is 0 Å². The first-order chi connectivity index (χ1) is 8.58. The lowest BCUT2D eigenvalue weighted by Gasteiger charge is -2.05. The Bertz CT molecular complexity index is 575. The first-order valence-corrected chi connectivity index (χ1v) is 6.83. The van der Waals surface area contributed by atoms with Crippen LogP contribution in [0.1, 0.15) is 11.4 Å². The van der Waals surface area contributed by atoms with Crippen LogP contribution >= 0.6 is 35.0 Å². The lowest BCUT2D eigenvalue weighted by atomic mass is 10.3. The van der Waals surface area contributed by atoms with Crippen LogP contribution in [0.2, 0.25) is 10.0 Å². The van der Waals surface area contributed by atoms with Crippen LogP contribution in [0.25, 0.3) is 0 Å². The molecule has 1 heterocycles. The Balaban J connectivity index is 2.27. The van der Waals surface area contributed by atoms with Crippen molar-refractivity contribution in [3.05, 3.63) is 45.7 Å². The number of benzene rings is 1. The van der Waals surface area contributed by atoms with Gasteiger partial charge in [0, 0.05) is 17.1 Å². The second-order valence-corrected chi connectivity index (χ2v) is 5.52. The van der Waals surface area contributed by atoms with E-state index in [1.54, 1.807) is 12.1 Å². The molecule has 0 saturated carbocycles. The molecule has 0 aliphatic carbocycles. The van der Waals surface area contributed by atoms with Gasteiger partial charge in [-0.1, -0.05) is 23.2 Å². The zero-order chi connectivity index (χ0) is 13.1. The number of hydrogen-bond acceptors (Lipinski definition) is 4. The Morgan fingerprint density at radius 1 is 1.17 bits per heavy atom. The van der Waals surface area contributed by atoms with E-state index in [1.165, 1.54) is 11.8 Å². The molecule has 2 rings (SSSR count). The molecule has 6 heteroatoms. The molecule has 0 unspecified atom stereocenters. The van der Waals surface area contributed by atoms with Gasteiger partial charge in [-0.3, -0.25) is 0 Å². The number of aromatic nitrogens is 2. The second kappa shape index (κ2) is 5.89. The number of halogens is 2. The van der Waals surface area contributed by atoms with Gasteiger partial charge in [0.2, 0.25) is 0 Å². The number of hydrogen-bond donors (Lipinski definition) is 1. The molecule has 0 aliphatic rings. The van der Waals surface area contributed by atoms with Gasteiger partial charge in [0.25, 0.3) is 0 Å². The van der Waals surface area contributed by atoms with Gasteiger partial charge < -0.3 is 5.73 Å². The summed E-state index contributed by atoms with van der Waals surface area (Å²) in [5, 5.41) is 1.72. The molecule has 0 aliphatic heterocycles. The molecule has 1 aromatic carbocycles. The van der Waals surface area contributed by atoms with Crippen molar-refractivity contribution in [2.45, 2.75) is 23.5 Å². The van der Waals surface area contributed by atoms with Crippen molar-refractivity contribution in [2.24, 2.45) is 5.73 Å². The average Bonchev–Trinajstić information content (AvgIpc) is 2.33. The number of aryl methyl sites for hydroxylation is 1. The van der Waals surface area contributed by atoms with E-state index >= 15 is 0 Å². The molecule has 18 heavy (non-hydrogen) atoms. The topological polar surface area (TPSA) is 51.8 Å². The van der Waals surface area contributed by atoms with Gasteiger partial charge in [-0.2, -0.15) is 0 Å². The molecule has 0 atom stereocenters. The molecular formula is C12H11Cl2N3S. The normalized spacial score (nSPS) is 10.7. The van der Waals surface area contributed by atoms with E-state index in [1.807, 2.05) is 19.1 Å². The fraction of sp³-hybridized carbons (Fsp3) is 0.167. The SMILES string of the molecule is Cc1cc(CN)nc(Sc2ccc(Cl)c(Cl)c2)n1. The van der Waals surface area contributed by atoms with Crippen molar-refractivity contribution in [3.63, 3.8) is 0 Å². The third kappa shape index (κ3) is 3.36. The summed E-state index contributed by atoms with van der Waals surface area (Å²) in [6, 6.07) is 7.31. The van der Waals surface area contributed by atoms with Gasteiger partial charge in [0.15, 0.2) is 5.16 Å². The first kappa shape index (κ1) is 13.6. The van der Waals surface area contributed by atoms with E-state index in [4.69, 9.17) is 28.9 Å². The maximum atomic E-state index is 5.96. The Labute approximate surface area is 120 Å². The standard InChI is InChI=1S/C12H11Cl2N3S/c1-7-4-8(6-15)17-12(16-7)18-9-2-3-10(13)11(14)5-9/h2-5H,6,15H2,1H3. The lowest BCUT2D eigenvalue weighted by Crippen LogP contribution is -2.02. The van der Waals surface area contributed by atoms with Gasteiger partial charge in [-0.25, -0.2) is 9.97 Å². The van der Waals surface area contributed by atoms with E-state index in [0.29, 0.717) is 21.7 Å². The molecule has 3 nitrogen and oxygen atoms in total. The van der Waals surface area contributed by atoms with E-state index in [2.05, 4.69) is 9.97 Å². The molecule has 0 radical (unpaired) electrons. The predicted octanol–water partition coefficient (Wildman–Crippen LogP) is 3.70. The minimum Gasteiger partial charge on any atom is -0.325 e. The van der Waals surface area contributed by atoms with E-state index < -0.39 is 0 Å². The van der Waals surface area contributed by atoms with Crippen LogP contribution in [-0.4, -0.2) is 9.97 Å². The summed E-state index contributed by atoms with van der Waals surface area (Å²) in [6.07, 6.45) is 0. The maximum absolute atomic E-state index is 5.96. The van der Waals surface area contributed by atoms with Gasteiger partial charge in [0.1, 0.15) is 0 Å². The molecule has 2 N–H and O–H groups in total. The highest BCUT2D eigenvalue weighted by Crippen LogP contribution is 2.31. The van der Waals surface area contributed by atoms with Crippen LogP contribution in [0, 0.1) is 6.92 Å². The summed E-state index contributed by atoms with van der Waals surface area (Å²) in [7, 11) is 0. The van der Waals surface area contributed by atoms with Gasteiger partial charge in [-0.05, 0) is 43.0 Å². The molecule has 0 amide bonds. The van der Waals surface area contributed by atoms with Crippen LogP contribution in [0.4, 0.5) is 0 Å². The molecule has 94 valence electrons. The van der Waals surface area contributed by atoms with Crippen LogP contribution in [0.15, 0.2) is 34.3 Å². The van der Waals surface area contributed by atoms with Crippen LogP contribution in [0.3, 0.4) is 0 Å². The van der Waals surface area contributed by atoms with Crippen molar-refractivity contribution < 1.29 is 0 Å². The molecule has 2 aromatic rings. The summed E-state index contributed by atoms with van der Waals surface area (Å²) in [5.41, 5.74) is 7.31. The first-order valence-electron chi connectivity index (χ1n) is 5.26. The predicted molar refractivity (Wildman–Crippen MR) is 75.2 cm³/mol. The monoisotopic (exact) mass is 299 g/mol. The summed E-state index contributed by atoms with van der Waals surface area (Å²) in [5.74, 6) is 0. The Morgan fingerprint density at radius 3 is 2.61 bits per heavy atom. The highest BCUT2D eigenvalue weighted by molar-refractivity contribution is 7.99. The second-order valence-electron chi connectivity index (χ2n) is 3.67. The highest BCUT2D eigenvalue weighted by atomic mass is 35.5. The summed E-state index contributed by atoms with van der Waals surface area (Å²) < 4.78 is 0. The van der Waals surface area contributed by atoms with E-state index in [-0.39, 0.29) is 0 Å². The summed E-state index contributed by atoms with van der Waals surface area (Å²) in [4.78, 5) is 9.64. The average molecular weight is 300 g/mol. The molecule has 0 spiro atoms. The van der Waals surface area contributed by atoms with Crippen molar-refractivity contribution in [1.29, 1.82) is 0 Å². The zero-order valence-corrected chi connectivity index (χ0v) is 12.0. The Morgan fingerprint density at radius 2 is 1.94 bits per heavy atom. The quantitative estimate of drug-likeness (QED) is 0.878. The van der Waals surface area contributed by atoms with Crippen molar-refractivity contribution >= 4 is 35.0 Å². The van der Waals surface area contributed by atoms with Crippen LogP contribution in [-0.2, 0) is 6.54 Å². The minimum atomic E-state index is 0.401. The highest BCUT2D eigenvalue weighted by Gasteiger charge is 2.06. The Kier molecular flexibility index (Phi) is 4.45. The summed E-state index contributed by atoms with van der Waals surface area (Å²) >= 11 is 13.3. The van der Waals surface area contributed by atoms with Crippen molar-refractivity contribution in [3.8, 4) is 0 Å². The third-order valence-electron chi connectivity index (χ3n) is 2.20. The Hall–Kier alpha value is -0.810.